The molecule has 0 saturated carbocycles. The first-order chi connectivity index (χ1) is 18.7. The topological polar surface area (TPSA) is 97.9 Å². The minimum absolute atomic E-state index is 0.161. The maximum atomic E-state index is 12.6. The number of carbonyl (C=O) groups is 1. The van der Waals surface area contributed by atoms with Crippen molar-refractivity contribution >= 4 is 6.09 Å². The van der Waals surface area contributed by atoms with E-state index in [4.69, 9.17) is 14.0 Å². The molecule has 0 aliphatic carbocycles. The molecule has 3 aromatic carbocycles. The highest BCUT2D eigenvalue weighted by molar-refractivity contribution is 5.74. The van der Waals surface area contributed by atoms with E-state index in [1.54, 1.807) is 7.11 Å². The molecule has 1 aromatic heterocycles. The number of ether oxygens (including phenoxy) is 2. The second kappa shape index (κ2) is 12.2. The first-order valence-corrected chi connectivity index (χ1v) is 12.9. The number of hydrogen-bond donors (Lipinski definition) is 1. The lowest BCUT2D eigenvalue weighted by molar-refractivity contribution is 0.0201. The number of rotatable bonds is 9. The number of aryl methyl sites for hydroxylation is 1. The van der Waals surface area contributed by atoms with Gasteiger partial charge in [-0.15, -0.1) is 0 Å². The van der Waals surface area contributed by atoms with E-state index >= 15 is 0 Å². The molecule has 0 unspecified atom stereocenters. The molecular formula is C31H35N3O5. The van der Waals surface area contributed by atoms with Crippen LogP contribution in [0.15, 0.2) is 71.3 Å². The molecule has 1 heterocycles. The van der Waals surface area contributed by atoms with E-state index in [1.807, 2.05) is 69.3 Å². The Morgan fingerprint density at radius 1 is 1.00 bits per heavy atom. The van der Waals surface area contributed by atoms with Crippen LogP contribution in [-0.2, 0) is 22.6 Å². The summed E-state index contributed by atoms with van der Waals surface area (Å²) in [5.74, 6) is 0.842. The van der Waals surface area contributed by atoms with E-state index in [-0.39, 0.29) is 19.7 Å². The van der Waals surface area contributed by atoms with Crippen LogP contribution in [0.25, 0.3) is 34.0 Å². The fourth-order valence-corrected chi connectivity index (χ4v) is 4.31. The van der Waals surface area contributed by atoms with Gasteiger partial charge in [0.1, 0.15) is 5.60 Å². The lowest BCUT2D eigenvalue weighted by atomic mass is 9.94. The second-order valence-corrected chi connectivity index (χ2v) is 10.4. The quantitative estimate of drug-likeness (QED) is 0.273. The standard InChI is InChI=1S/C31H35N3O5/c1-21-9-6-7-12-26(21)27-14-13-24(18-25(27)20-37-5)29-32-28(33-39-29)23-11-8-10-22(17-23)19-34(15-16-35)30(36)38-31(2,3)4/h6-14,17-18,35H,15-16,19-20H2,1-5H3. The van der Waals surface area contributed by atoms with Crippen molar-refractivity contribution in [1.29, 1.82) is 0 Å². The van der Waals surface area contributed by atoms with Crippen molar-refractivity contribution in [3.63, 3.8) is 0 Å². The normalized spacial score (nSPS) is 11.4. The third-order valence-electron chi connectivity index (χ3n) is 6.09. The Kier molecular flexibility index (Phi) is 8.79. The monoisotopic (exact) mass is 529 g/mol. The van der Waals surface area contributed by atoms with Gasteiger partial charge >= 0.3 is 6.09 Å². The number of hydrogen-bond acceptors (Lipinski definition) is 7. The lowest BCUT2D eigenvalue weighted by Gasteiger charge is -2.27. The van der Waals surface area contributed by atoms with Crippen molar-refractivity contribution in [1.82, 2.24) is 15.0 Å². The van der Waals surface area contributed by atoms with Crippen molar-refractivity contribution in [2.45, 2.75) is 46.4 Å². The SMILES string of the molecule is COCc1cc(-c2nc(-c3cccc(CN(CCO)C(=O)OC(C)(C)C)c3)no2)ccc1-c1ccccc1C. The maximum Gasteiger partial charge on any atom is 0.410 e. The summed E-state index contributed by atoms with van der Waals surface area (Å²) >= 11 is 0. The first kappa shape index (κ1) is 28.0. The Balaban J connectivity index is 1.58. The van der Waals surface area contributed by atoms with Gasteiger partial charge in [-0.25, -0.2) is 4.79 Å². The van der Waals surface area contributed by atoms with Gasteiger partial charge < -0.3 is 24.0 Å². The van der Waals surface area contributed by atoms with E-state index in [2.05, 4.69) is 35.3 Å². The zero-order chi connectivity index (χ0) is 28.0. The predicted octanol–water partition coefficient (Wildman–Crippen LogP) is 6.25. The molecule has 0 aliphatic heterocycles. The lowest BCUT2D eigenvalue weighted by Crippen LogP contribution is -2.38. The molecule has 0 fully saturated rings. The molecule has 0 atom stereocenters. The summed E-state index contributed by atoms with van der Waals surface area (Å²) in [6, 6.07) is 21.9. The van der Waals surface area contributed by atoms with E-state index in [0.29, 0.717) is 18.3 Å². The Hall–Kier alpha value is -4.01. The number of aromatic nitrogens is 2. The van der Waals surface area contributed by atoms with Gasteiger partial charge in [-0.1, -0.05) is 53.7 Å². The molecule has 1 N–H and O–H groups in total. The number of aliphatic hydroxyl groups excluding tert-OH is 1. The molecule has 4 rings (SSSR count). The molecule has 1 amide bonds. The minimum Gasteiger partial charge on any atom is -0.444 e. The van der Waals surface area contributed by atoms with Crippen molar-refractivity contribution in [3.05, 3.63) is 83.4 Å². The Morgan fingerprint density at radius 3 is 2.51 bits per heavy atom. The molecule has 0 saturated heterocycles. The highest BCUT2D eigenvalue weighted by atomic mass is 16.6. The third-order valence-corrected chi connectivity index (χ3v) is 6.09. The molecule has 0 radical (unpaired) electrons. The zero-order valence-electron chi connectivity index (χ0n) is 23.1. The molecule has 204 valence electrons. The van der Waals surface area contributed by atoms with Crippen LogP contribution in [0, 0.1) is 6.92 Å². The molecule has 39 heavy (non-hydrogen) atoms. The van der Waals surface area contributed by atoms with Gasteiger partial charge in [-0.2, -0.15) is 4.98 Å². The largest absolute Gasteiger partial charge is 0.444 e. The van der Waals surface area contributed by atoms with Crippen molar-refractivity contribution in [3.8, 4) is 34.0 Å². The van der Waals surface area contributed by atoms with Crippen molar-refractivity contribution in [2.24, 2.45) is 0 Å². The second-order valence-electron chi connectivity index (χ2n) is 10.4. The summed E-state index contributed by atoms with van der Waals surface area (Å²) in [5, 5.41) is 13.7. The fourth-order valence-electron chi connectivity index (χ4n) is 4.31. The van der Waals surface area contributed by atoms with E-state index in [0.717, 1.165) is 33.4 Å². The Morgan fingerprint density at radius 2 is 1.79 bits per heavy atom. The number of carbonyl (C=O) groups excluding carboxylic acids is 1. The van der Waals surface area contributed by atoms with Gasteiger partial charge in [-0.3, -0.25) is 0 Å². The summed E-state index contributed by atoms with van der Waals surface area (Å²) in [6.07, 6.45) is -0.482. The van der Waals surface area contributed by atoms with Crippen molar-refractivity contribution in [2.75, 3.05) is 20.3 Å². The Bertz CT molecular complexity index is 1420. The van der Waals surface area contributed by atoms with Crippen LogP contribution in [-0.4, -0.2) is 52.1 Å². The van der Waals surface area contributed by atoms with Crippen LogP contribution in [0.3, 0.4) is 0 Å². The van der Waals surface area contributed by atoms with Crippen LogP contribution in [0.4, 0.5) is 4.79 Å². The van der Waals surface area contributed by atoms with E-state index in [1.165, 1.54) is 10.5 Å². The molecule has 0 bridgehead atoms. The summed E-state index contributed by atoms with van der Waals surface area (Å²) in [6.45, 7) is 8.24. The average molecular weight is 530 g/mol. The molecule has 4 aromatic rings. The molecule has 8 nitrogen and oxygen atoms in total. The molecule has 0 aliphatic rings. The van der Waals surface area contributed by atoms with Gasteiger partial charge in [0.15, 0.2) is 0 Å². The smallest absolute Gasteiger partial charge is 0.410 e. The van der Waals surface area contributed by atoms with E-state index in [9.17, 15) is 9.90 Å². The average Bonchev–Trinajstić information content (AvgIpc) is 3.39. The predicted molar refractivity (Wildman–Crippen MR) is 150 cm³/mol. The third kappa shape index (κ3) is 7.10. The van der Waals surface area contributed by atoms with Crippen LogP contribution < -0.4 is 0 Å². The van der Waals surface area contributed by atoms with Crippen LogP contribution in [0.5, 0.6) is 0 Å². The molecule has 8 heteroatoms. The van der Waals surface area contributed by atoms with Gasteiger partial charge in [-0.05, 0) is 73.7 Å². The summed E-state index contributed by atoms with van der Waals surface area (Å²) in [7, 11) is 1.68. The number of amides is 1. The fraction of sp³-hybridized carbons (Fsp3) is 0.323. The van der Waals surface area contributed by atoms with Gasteiger partial charge in [0.25, 0.3) is 5.89 Å². The summed E-state index contributed by atoms with van der Waals surface area (Å²) < 4.78 is 16.6. The number of nitrogens with zero attached hydrogens (tertiary/aromatic N) is 3. The van der Waals surface area contributed by atoms with Gasteiger partial charge in [0.05, 0.1) is 13.2 Å². The number of methoxy groups -OCH3 is 1. The van der Waals surface area contributed by atoms with Crippen LogP contribution in [0.1, 0.15) is 37.5 Å². The van der Waals surface area contributed by atoms with E-state index < -0.39 is 11.7 Å². The van der Waals surface area contributed by atoms with Gasteiger partial charge in [0.2, 0.25) is 5.82 Å². The first-order valence-electron chi connectivity index (χ1n) is 12.9. The summed E-state index contributed by atoms with van der Waals surface area (Å²) in [5.41, 5.74) is 6.24. The maximum absolute atomic E-state index is 12.6. The van der Waals surface area contributed by atoms with Crippen LogP contribution in [0.2, 0.25) is 0 Å². The van der Waals surface area contributed by atoms with Crippen molar-refractivity contribution < 1.29 is 23.9 Å². The zero-order valence-corrected chi connectivity index (χ0v) is 23.1. The highest BCUT2D eigenvalue weighted by Crippen LogP contribution is 2.32. The minimum atomic E-state index is -0.630. The van der Waals surface area contributed by atoms with Gasteiger partial charge in [0, 0.05) is 31.3 Å². The summed E-state index contributed by atoms with van der Waals surface area (Å²) in [4.78, 5) is 18.7. The molecule has 0 spiro atoms. The van der Waals surface area contributed by atoms with Crippen LogP contribution >= 0.6 is 0 Å². The number of benzene rings is 3. The highest BCUT2D eigenvalue weighted by Gasteiger charge is 2.22. The Labute approximate surface area is 229 Å². The number of aliphatic hydroxyl groups is 1. The molecular weight excluding hydrogens is 494 g/mol.